The van der Waals surface area contributed by atoms with E-state index in [4.69, 9.17) is 0 Å². The summed E-state index contributed by atoms with van der Waals surface area (Å²) in [5, 5.41) is 3.40. The summed E-state index contributed by atoms with van der Waals surface area (Å²) in [5.74, 6) is 0.107. The second-order valence-electron chi connectivity index (χ2n) is 4.54. The molecular formula is C13H15NO. The van der Waals surface area contributed by atoms with E-state index in [1.807, 2.05) is 18.2 Å². The largest absolute Gasteiger partial charge is 0.376 e. The molecule has 1 aromatic rings. The Labute approximate surface area is 90.0 Å². The molecule has 0 aliphatic carbocycles. The minimum Gasteiger partial charge on any atom is -0.376 e. The van der Waals surface area contributed by atoms with E-state index in [0.717, 1.165) is 16.8 Å². The number of anilines is 1. The summed E-state index contributed by atoms with van der Waals surface area (Å²) in [6, 6.07) is 5.76. The number of ketones is 1. The summed E-state index contributed by atoms with van der Waals surface area (Å²) < 4.78 is 0. The zero-order valence-corrected chi connectivity index (χ0v) is 9.29. The van der Waals surface area contributed by atoms with Crippen molar-refractivity contribution in [2.45, 2.75) is 26.3 Å². The molecule has 0 atom stereocenters. The van der Waals surface area contributed by atoms with Crippen molar-refractivity contribution >= 4 is 17.5 Å². The zero-order valence-electron chi connectivity index (χ0n) is 9.29. The standard InChI is InChI=1S/C13H15NO/c1-9(15)10-4-5-12-11(8-10)6-7-13(2,3)14-12/h4-8,14H,1-3H3. The molecule has 15 heavy (non-hydrogen) atoms. The molecular weight excluding hydrogens is 186 g/mol. The third-order valence-corrected chi connectivity index (χ3v) is 2.59. The lowest BCUT2D eigenvalue weighted by molar-refractivity contribution is 0.101. The maximum atomic E-state index is 11.2. The number of rotatable bonds is 1. The van der Waals surface area contributed by atoms with Crippen LogP contribution in [0, 0.1) is 0 Å². The van der Waals surface area contributed by atoms with Crippen LogP contribution >= 0.6 is 0 Å². The van der Waals surface area contributed by atoms with Crippen LogP contribution in [0.5, 0.6) is 0 Å². The molecule has 0 radical (unpaired) electrons. The Kier molecular flexibility index (Phi) is 2.14. The number of hydrogen-bond donors (Lipinski definition) is 1. The monoisotopic (exact) mass is 201 g/mol. The summed E-state index contributed by atoms with van der Waals surface area (Å²) in [6.07, 6.45) is 4.18. The Bertz CT molecular complexity index is 444. The molecule has 1 aliphatic rings. The van der Waals surface area contributed by atoms with Crippen molar-refractivity contribution in [3.63, 3.8) is 0 Å². The average Bonchev–Trinajstić information content (AvgIpc) is 2.15. The molecule has 0 spiro atoms. The highest BCUT2D eigenvalue weighted by Gasteiger charge is 2.19. The van der Waals surface area contributed by atoms with E-state index in [0.29, 0.717) is 0 Å². The molecule has 1 aromatic carbocycles. The van der Waals surface area contributed by atoms with Crippen LogP contribution in [0.4, 0.5) is 5.69 Å². The first-order valence-corrected chi connectivity index (χ1v) is 5.10. The lowest BCUT2D eigenvalue weighted by atomic mass is 9.95. The molecule has 0 aromatic heterocycles. The topological polar surface area (TPSA) is 29.1 Å². The maximum absolute atomic E-state index is 11.2. The summed E-state index contributed by atoms with van der Waals surface area (Å²) in [4.78, 5) is 11.2. The Hall–Kier alpha value is -1.57. The molecule has 0 saturated heterocycles. The first-order chi connectivity index (χ1) is 6.98. The van der Waals surface area contributed by atoms with E-state index in [-0.39, 0.29) is 11.3 Å². The van der Waals surface area contributed by atoms with Gasteiger partial charge in [-0.15, -0.1) is 0 Å². The SMILES string of the molecule is CC(=O)c1ccc2c(c1)C=CC(C)(C)N2. The molecule has 0 unspecified atom stereocenters. The smallest absolute Gasteiger partial charge is 0.159 e. The quantitative estimate of drug-likeness (QED) is 0.707. The van der Waals surface area contributed by atoms with E-state index in [9.17, 15) is 4.79 Å². The lowest BCUT2D eigenvalue weighted by Crippen LogP contribution is -2.30. The molecule has 1 heterocycles. The molecule has 0 amide bonds. The number of nitrogens with one attached hydrogen (secondary N) is 1. The van der Waals surface area contributed by atoms with Gasteiger partial charge in [-0.2, -0.15) is 0 Å². The number of benzene rings is 1. The molecule has 0 fully saturated rings. The van der Waals surface area contributed by atoms with Crippen molar-refractivity contribution in [1.82, 2.24) is 0 Å². The Morgan fingerprint density at radius 2 is 2.07 bits per heavy atom. The fraction of sp³-hybridized carbons (Fsp3) is 0.308. The molecule has 2 rings (SSSR count). The fourth-order valence-corrected chi connectivity index (χ4v) is 1.72. The first kappa shape index (κ1) is 9.97. The molecule has 1 aliphatic heterocycles. The summed E-state index contributed by atoms with van der Waals surface area (Å²) in [6.45, 7) is 5.82. The van der Waals surface area contributed by atoms with Crippen LogP contribution in [-0.2, 0) is 0 Å². The van der Waals surface area contributed by atoms with Gasteiger partial charge in [-0.05, 0) is 44.5 Å². The summed E-state index contributed by atoms with van der Waals surface area (Å²) in [5.41, 5.74) is 2.93. The van der Waals surface area contributed by atoms with Gasteiger partial charge in [-0.3, -0.25) is 4.79 Å². The van der Waals surface area contributed by atoms with E-state index in [1.54, 1.807) is 6.92 Å². The summed E-state index contributed by atoms with van der Waals surface area (Å²) >= 11 is 0. The zero-order chi connectivity index (χ0) is 11.1. The van der Waals surface area contributed by atoms with E-state index in [2.05, 4.69) is 31.3 Å². The van der Waals surface area contributed by atoms with Gasteiger partial charge in [0.15, 0.2) is 5.78 Å². The first-order valence-electron chi connectivity index (χ1n) is 5.10. The number of Topliss-reactive ketones (excluding diaryl/α,β-unsaturated/α-hetero) is 1. The van der Waals surface area contributed by atoms with Gasteiger partial charge in [-0.1, -0.05) is 12.2 Å². The minimum atomic E-state index is -0.00919. The van der Waals surface area contributed by atoms with Crippen LogP contribution in [0.1, 0.15) is 36.7 Å². The van der Waals surface area contributed by atoms with Gasteiger partial charge >= 0.3 is 0 Å². The van der Waals surface area contributed by atoms with Crippen LogP contribution in [0.3, 0.4) is 0 Å². The van der Waals surface area contributed by atoms with Crippen LogP contribution < -0.4 is 5.32 Å². The van der Waals surface area contributed by atoms with Crippen LogP contribution in [0.2, 0.25) is 0 Å². The minimum absolute atomic E-state index is 0.00919. The number of carbonyl (C=O) groups is 1. The molecule has 2 heteroatoms. The molecule has 1 N–H and O–H groups in total. The molecule has 78 valence electrons. The Balaban J connectivity index is 2.45. The molecule has 0 bridgehead atoms. The maximum Gasteiger partial charge on any atom is 0.159 e. The highest BCUT2D eigenvalue weighted by Crippen LogP contribution is 2.28. The fourth-order valence-electron chi connectivity index (χ4n) is 1.72. The van der Waals surface area contributed by atoms with Crippen LogP contribution in [0.25, 0.3) is 6.08 Å². The number of fused-ring (bicyclic) bond motifs is 1. The highest BCUT2D eigenvalue weighted by molar-refractivity contribution is 5.95. The molecule has 2 nitrogen and oxygen atoms in total. The van der Waals surface area contributed by atoms with Crippen LogP contribution in [-0.4, -0.2) is 11.3 Å². The van der Waals surface area contributed by atoms with Crippen molar-refractivity contribution in [3.05, 3.63) is 35.4 Å². The van der Waals surface area contributed by atoms with Gasteiger partial charge in [-0.25, -0.2) is 0 Å². The Morgan fingerprint density at radius 1 is 1.33 bits per heavy atom. The van der Waals surface area contributed by atoms with Gasteiger partial charge in [0.05, 0.1) is 5.54 Å². The van der Waals surface area contributed by atoms with Gasteiger partial charge in [0.1, 0.15) is 0 Å². The number of hydrogen-bond acceptors (Lipinski definition) is 2. The number of carbonyl (C=O) groups excluding carboxylic acids is 1. The normalized spacial score (nSPS) is 16.7. The average molecular weight is 201 g/mol. The van der Waals surface area contributed by atoms with Crippen molar-refractivity contribution < 1.29 is 4.79 Å². The van der Waals surface area contributed by atoms with Gasteiger partial charge in [0.25, 0.3) is 0 Å². The van der Waals surface area contributed by atoms with Crippen molar-refractivity contribution in [2.75, 3.05) is 5.32 Å². The van der Waals surface area contributed by atoms with Crippen molar-refractivity contribution in [1.29, 1.82) is 0 Å². The third kappa shape index (κ3) is 1.94. The van der Waals surface area contributed by atoms with E-state index < -0.39 is 0 Å². The van der Waals surface area contributed by atoms with Gasteiger partial charge in [0.2, 0.25) is 0 Å². The predicted octanol–water partition coefficient (Wildman–Crippen LogP) is 3.11. The van der Waals surface area contributed by atoms with Crippen molar-refractivity contribution in [3.8, 4) is 0 Å². The lowest BCUT2D eigenvalue weighted by Gasteiger charge is -2.29. The molecule has 0 saturated carbocycles. The van der Waals surface area contributed by atoms with E-state index in [1.165, 1.54) is 0 Å². The Morgan fingerprint density at radius 3 is 2.73 bits per heavy atom. The second kappa shape index (κ2) is 3.23. The van der Waals surface area contributed by atoms with E-state index >= 15 is 0 Å². The highest BCUT2D eigenvalue weighted by atomic mass is 16.1. The summed E-state index contributed by atoms with van der Waals surface area (Å²) in [7, 11) is 0. The van der Waals surface area contributed by atoms with Crippen molar-refractivity contribution in [2.24, 2.45) is 0 Å². The van der Waals surface area contributed by atoms with Gasteiger partial charge < -0.3 is 5.32 Å². The predicted molar refractivity (Wildman–Crippen MR) is 63.2 cm³/mol. The second-order valence-corrected chi connectivity index (χ2v) is 4.54. The van der Waals surface area contributed by atoms with Gasteiger partial charge in [0, 0.05) is 11.3 Å². The third-order valence-electron chi connectivity index (χ3n) is 2.59. The van der Waals surface area contributed by atoms with Crippen LogP contribution in [0.15, 0.2) is 24.3 Å².